The molecule has 0 rings (SSSR count). The molecule has 0 aromatic rings. The van der Waals surface area contributed by atoms with Gasteiger partial charge in [-0.25, -0.2) is 4.57 Å². The number of quaternary nitrogens is 1. The van der Waals surface area contributed by atoms with Crippen molar-refractivity contribution in [2.75, 3.05) is 40.9 Å². The van der Waals surface area contributed by atoms with Gasteiger partial charge < -0.3 is 19.8 Å². The molecule has 3 N–H and O–H groups in total. The van der Waals surface area contributed by atoms with Crippen LogP contribution < -0.4 is 5.32 Å². The van der Waals surface area contributed by atoms with Crippen LogP contribution >= 0.6 is 7.82 Å². The van der Waals surface area contributed by atoms with Crippen LogP contribution in [0.3, 0.4) is 0 Å². The summed E-state index contributed by atoms with van der Waals surface area (Å²) in [5.74, 6) is -0.179. The van der Waals surface area contributed by atoms with Gasteiger partial charge >= 0.3 is 7.82 Å². The van der Waals surface area contributed by atoms with Gasteiger partial charge in [-0.1, -0.05) is 234 Å². The summed E-state index contributed by atoms with van der Waals surface area (Å²) in [6.07, 6.45) is 65.8. The van der Waals surface area contributed by atoms with Gasteiger partial charge in [0.05, 0.1) is 39.9 Å². The molecule has 8 nitrogen and oxygen atoms in total. The molecule has 0 saturated heterocycles. The van der Waals surface area contributed by atoms with Crippen molar-refractivity contribution in [1.29, 1.82) is 0 Å². The third-order valence-corrected chi connectivity index (χ3v) is 12.9. The van der Waals surface area contributed by atoms with Crippen molar-refractivity contribution in [1.82, 2.24) is 5.32 Å². The summed E-state index contributed by atoms with van der Waals surface area (Å²) in [6, 6.07) is -0.846. The maximum atomic E-state index is 12.9. The van der Waals surface area contributed by atoms with Crippen molar-refractivity contribution in [2.24, 2.45) is 0 Å². The number of allylic oxidation sites excluding steroid dienone is 11. The van der Waals surface area contributed by atoms with Crippen LogP contribution in [0.4, 0.5) is 0 Å². The maximum Gasteiger partial charge on any atom is 0.472 e. The Balaban J connectivity index is 4.02. The summed E-state index contributed by atoms with van der Waals surface area (Å²) in [7, 11) is 1.57. The van der Waals surface area contributed by atoms with Gasteiger partial charge in [-0.3, -0.25) is 13.8 Å². The van der Waals surface area contributed by atoms with Crippen molar-refractivity contribution in [3.05, 3.63) is 72.9 Å². The van der Waals surface area contributed by atoms with Gasteiger partial charge in [0.25, 0.3) is 0 Å². The number of aliphatic hydroxyl groups excluding tert-OH is 1. The van der Waals surface area contributed by atoms with Crippen molar-refractivity contribution in [2.45, 2.75) is 244 Å². The second kappa shape index (κ2) is 48.0. The van der Waals surface area contributed by atoms with Gasteiger partial charge in [-0.05, 0) is 64.2 Å². The van der Waals surface area contributed by atoms with Crippen LogP contribution in [0, 0.1) is 0 Å². The maximum absolute atomic E-state index is 12.9. The normalized spacial score (nSPS) is 14.6. The molecule has 0 heterocycles. The van der Waals surface area contributed by atoms with Gasteiger partial charge in [-0.15, -0.1) is 0 Å². The molecule has 9 heteroatoms. The van der Waals surface area contributed by atoms with E-state index in [0.717, 1.165) is 70.6 Å². The van der Waals surface area contributed by atoms with E-state index in [2.05, 4.69) is 79.9 Å². The van der Waals surface area contributed by atoms with Crippen LogP contribution in [0.15, 0.2) is 72.9 Å². The van der Waals surface area contributed by atoms with Crippen LogP contribution in [-0.4, -0.2) is 73.4 Å². The fourth-order valence-corrected chi connectivity index (χ4v) is 8.39. The Hall–Kier alpha value is -2.06. The Morgan fingerprint density at radius 3 is 1.33 bits per heavy atom. The molecule has 3 unspecified atom stereocenters. The zero-order chi connectivity index (χ0) is 48.5. The summed E-state index contributed by atoms with van der Waals surface area (Å²) >= 11 is 0. The number of unbranched alkanes of at least 4 members (excludes halogenated alkanes) is 26. The van der Waals surface area contributed by atoms with Crippen molar-refractivity contribution in [3.8, 4) is 0 Å². The average Bonchev–Trinajstić information content (AvgIpc) is 3.28. The lowest BCUT2D eigenvalue weighted by molar-refractivity contribution is -0.870. The summed E-state index contributed by atoms with van der Waals surface area (Å²) in [5.41, 5.74) is 0. The van der Waals surface area contributed by atoms with Gasteiger partial charge in [0, 0.05) is 6.42 Å². The number of likely N-dealkylation sites (N-methyl/N-ethyl adjacent to an activating group) is 1. The monoisotopic (exact) mass is 946 g/mol. The molecule has 0 aromatic heterocycles. The number of hydrogen-bond acceptors (Lipinski definition) is 5. The Labute approximate surface area is 408 Å². The number of phosphoric ester groups is 1. The van der Waals surface area contributed by atoms with E-state index in [1.165, 1.54) is 141 Å². The van der Waals surface area contributed by atoms with E-state index < -0.39 is 20.0 Å². The number of phosphoric acid groups is 1. The first-order valence-electron chi connectivity index (χ1n) is 27.3. The molecule has 0 aromatic carbocycles. The van der Waals surface area contributed by atoms with Crippen molar-refractivity contribution in [3.63, 3.8) is 0 Å². The van der Waals surface area contributed by atoms with Gasteiger partial charge in [0.2, 0.25) is 5.91 Å². The highest BCUT2D eigenvalue weighted by Gasteiger charge is 2.27. The molecule has 0 saturated carbocycles. The van der Waals surface area contributed by atoms with Gasteiger partial charge in [0.1, 0.15) is 13.2 Å². The SMILES string of the molecule is CC/C=C\C/C=C\C/C=C\C/C=C\C/C=C\CCCCCCCCCCCCCCCCCCCC(=O)NC(COP(=O)(O)OCC[N+](C)(C)C)C(O)/C=C/CCCCCCCCCCC. The number of aliphatic hydroxyl groups is 1. The third-order valence-electron chi connectivity index (χ3n) is 11.9. The van der Waals surface area contributed by atoms with Crippen LogP contribution in [-0.2, 0) is 18.4 Å². The lowest BCUT2D eigenvalue weighted by Gasteiger charge is -2.25. The van der Waals surface area contributed by atoms with Crippen LogP contribution in [0.5, 0.6) is 0 Å². The Morgan fingerprint density at radius 1 is 0.530 bits per heavy atom. The number of carbonyl (C=O) groups is 1. The highest BCUT2D eigenvalue weighted by molar-refractivity contribution is 7.47. The number of nitrogens with zero attached hydrogens (tertiary/aromatic N) is 1. The molecule has 0 bridgehead atoms. The van der Waals surface area contributed by atoms with Crippen molar-refractivity contribution >= 4 is 13.7 Å². The fourth-order valence-electron chi connectivity index (χ4n) is 7.66. The molecule has 0 spiro atoms. The largest absolute Gasteiger partial charge is 0.472 e. The zero-order valence-corrected chi connectivity index (χ0v) is 44.6. The second-order valence-electron chi connectivity index (χ2n) is 19.6. The highest BCUT2D eigenvalue weighted by Crippen LogP contribution is 2.43. The molecule has 66 heavy (non-hydrogen) atoms. The van der Waals surface area contributed by atoms with E-state index >= 15 is 0 Å². The van der Waals surface area contributed by atoms with E-state index in [4.69, 9.17) is 9.05 Å². The number of rotatable bonds is 49. The molecule has 0 aliphatic carbocycles. The van der Waals surface area contributed by atoms with Crippen molar-refractivity contribution < 1.29 is 32.9 Å². The Morgan fingerprint density at radius 2 is 0.909 bits per heavy atom. The third kappa shape index (κ3) is 49.8. The first-order chi connectivity index (χ1) is 32.0. The van der Waals surface area contributed by atoms with E-state index in [1.807, 2.05) is 27.2 Å². The quantitative estimate of drug-likeness (QED) is 0.0243. The van der Waals surface area contributed by atoms with Crippen LogP contribution in [0.2, 0.25) is 0 Å². The molecular weight excluding hydrogens is 840 g/mol. The minimum absolute atomic E-state index is 0.0603. The molecule has 0 aliphatic heterocycles. The summed E-state index contributed by atoms with van der Waals surface area (Å²) < 4.78 is 23.6. The minimum Gasteiger partial charge on any atom is -0.387 e. The van der Waals surface area contributed by atoms with E-state index in [9.17, 15) is 19.4 Å². The summed E-state index contributed by atoms with van der Waals surface area (Å²) in [5, 5.41) is 13.8. The molecule has 1 amide bonds. The molecular formula is C57H106N2O6P+. The predicted molar refractivity (Wildman–Crippen MR) is 286 cm³/mol. The topological polar surface area (TPSA) is 105 Å². The number of hydrogen-bond donors (Lipinski definition) is 3. The number of carbonyl (C=O) groups excluding carboxylic acids is 1. The average molecular weight is 946 g/mol. The van der Waals surface area contributed by atoms with Gasteiger partial charge in [0.15, 0.2) is 0 Å². The van der Waals surface area contributed by atoms with E-state index in [0.29, 0.717) is 17.4 Å². The Bertz CT molecular complexity index is 1300. The summed E-state index contributed by atoms with van der Waals surface area (Å²) in [4.78, 5) is 23.2. The molecule has 0 aliphatic rings. The lowest BCUT2D eigenvalue weighted by Crippen LogP contribution is -2.45. The highest BCUT2D eigenvalue weighted by atomic mass is 31.2. The first-order valence-corrected chi connectivity index (χ1v) is 28.8. The fraction of sp³-hybridized carbons (Fsp3) is 0.772. The molecule has 384 valence electrons. The smallest absolute Gasteiger partial charge is 0.387 e. The zero-order valence-electron chi connectivity index (χ0n) is 43.7. The Kier molecular flexibility index (Phi) is 46.5. The van der Waals surface area contributed by atoms with Gasteiger partial charge in [-0.2, -0.15) is 0 Å². The van der Waals surface area contributed by atoms with E-state index in [-0.39, 0.29) is 19.1 Å². The molecule has 3 atom stereocenters. The standard InChI is InChI=1S/C57H105N2O6P/c1-6-8-10-12-14-16-18-19-20-21-22-23-24-25-26-27-28-29-30-31-32-33-34-35-36-37-38-39-41-43-45-47-49-51-57(61)58-55(54-65-66(62,63)64-53-52-59(3,4)5)56(60)50-48-46-44-42-40-17-15-13-11-9-7-2/h8,10,14,16,19-20,22-23,25-26,48,50,55-56,60H,6-7,9,11-13,15,17-18,21,24,27-47,49,51-54H2,1-5H3,(H-,58,61,62,63)/p+1/b10-8-,16-14-,20-19-,23-22-,26-25-,50-48+. The van der Waals surface area contributed by atoms with E-state index in [1.54, 1.807) is 6.08 Å². The number of amides is 1. The summed E-state index contributed by atoms with van der Waals surface area (Å²) in [6.45, 7) is 4.69. The lowest BCUT2D eigenvalue weighted by atomic mass is 10.0. The first kappa shape index (κ1) is 63.9. The molecule has 0 fully saturated rings. The second-order valence-corrected chi connectivity index (χ2v) is 21.0. The van der Waals surface area contributed by atoms with Crippen LogP contribution in [0.1, 0.15) is 232 Å². The molecule has 0 radical (unpaired) electrons. The number of nitrogens with one attached hydrogen (secondary N) is 1. The van der Waals surface area contributed by atoms with Crippen LogP contribution in [0.25, 0.3) is 0 Å². The minimum atomic E-state index is -4.34. The predicted octanol–water partition coefficient (Wildman–Crippen LogP) is 16.3.